The fourth-order valence-corrected chi connectivity index (χ4v) is 1.84. The third-order valence-corrected chi connectivity index (χ3v) is 2.91. The highest BCUT2D eigenvalue weighted by atomic mass is 19.3. The number of carbonyl (C=O) groups excluding carboxylic acids is 1. The van der Waals surface area contributed by atoms with Crippen molar-refractivity contribution < 1.29 is 27.1 Å². The molecule has 0 aliphatic heterocycles. The average Bonchev–Trinajstić information content (AvgIpc) is 2.64. The Hall–Kier alpha value is -0.650. The maximum atomic E-state index is 12.6. The number of alkyl halides is 4. The van der Waals surface area contributed by atoms with E-state index in [0.717, 1.165) is 0 Å². The van der Waals surface area contributed by atoms with Gasteiger partial charge < -0.3 is 4.74 Å². The predicted octanol–water partition coefficient (Wildman–Crippen LogP) is 2.81. The van der Waals surface area contributed by atoms with Gasteiger partial charge in [-0.3, -0.25) is 4.79 Å². The van der Waals surface area contributed by atoms with Crippen LogP contribution in [0.2, 0.25) is 0 Å². The van der Waals surface area contributed by atoms with Crippen molar-refractivity contribution in [1.82, 2.24) is 0 Å². The van der Waals surface area contributed by atoms with Crippen LogP contribution in [-0.2, 0) is 9.53 Å². The molecular weight excluding hydrogens is 228 g/mol. The third-order valence-electron chi connectivity index (χ3n) is 2.91. The molecule has 0 bridgehead atoms. The Balaban J connectivity index is 2.61. The van der Waals surface area contributed by atoms with Crippen LogP contribution in [0.5, 0.6) is 0 Å². The number of hydrogen-bond donors (Lipinski definition) is 0. The van der Waals surface area contributed by atoms with Crippen LogP contribution in [0.15, 0.2) is 0 Å². The Morgan fingerprint density at radius 3 is 2.25 bits per heavy atom. The smallest absolute Gasteiger partial charge is 0.330 e. The van der Waals surface area contributed by atoms with Gasteiger partial charge in [0.05, 0.1) is 0 Å². The topological polar surface area (TPSA) is 26.3 Å². The number of ether oxygens (including phenoxy) is 1. The van der Waals surface area contributed by atoms with Gasteiger partial charge in [0, 0.05) is 0 Å². The Morgan fingerprint density at radius 2 is 1.88 bits per heavy atom. The van der Waals surface area contributed by atoms with Gasteiger partial charge >= 0.3 is 12.3 Å². The fraction of sp³-hybridized carbons (Fsp3) is 0.900. The van der Waals surface area contributed by atoms with E-state index in [9.17, 15) is 22.4 Å². The molecule has 1 fully saturated rings. The second-order valence-electron chi connectivity index (χ2n) is 4.11. The molecule has 0 heterocycles. The summed E-state index contributed by atoms with van der Waals surface area (Å²) in [6.45, 7) is -0.157. The zero-order valence-electron chi connectivity index (χ0n) is 8.94. The van der Waals surface area contributed by atoms with Gasteiger partial charge in [0.2, 0.25) is 0 Å². The van der Waals surface area contributed by atoms with Gasteiger partial charge in [-0.1, -0.05) is 0 Å². The van der Waals surface area contributed by atoms with Crippen LogP contribution in [0, 0.1) is 0 Å². The minimum absolute atomic E-state index is 0.335. The maximum Gasteiger partial charge on any atom is 0.330 e. The Bertz CT molecular complexity index is 260. The summed E-state index contributed by atoms with van der Waals surface area (Å²) in [4.78, 5) is 11.3. The van der Waals surface area contributed by atoms with Crippen LogP contribution < -0.4 is 0 Å². The number of hydrogen-bond acceptors (Lipinski definition) is 2. The molecule has 0 aromatic carbocycles. The van der Waals surface area contributed by atoms with E-state index in [1.807, 2.05) is 0 Å². The number of rotatable bonds is 5. The summed E-state index contributed by atoms with van der Waals surface area (Å²) < 4.78 is 53.9. The second-order valence-corrected chi connectivity index (χ2v) is 4.11. The molecule has 0 aromatic heterocycles. The fourth-order valence-electron chi connectivity index (χ4n) is 1.84. The summed E-state index contributed by atoms with van der Waals surface area (Å²) in [7, 11) is 0. The highest BCUT2D eigenvalue weighted by Crippen LogP contribution is 2.36. The lowest BCUT2D eigenvalue weighted by Gasteiger charge is -2.28. The summed E-state index contributed by atoms with van der Waals surface area (Å²) in [5.41, 5.74) is -1.27. The monoisotopic (exact) mass is 242 g/mol. The quantitative estimate of drug-likeness (QED) is 0.693. The molecule has 0 amide bonds. The van der Waals surface area contributed by atoms with Crippen molar-refractivity contribution in [3.63, 3.8) is 0 Å². The molecule has 16 heavy (non-hydrogen) atoms. The van der Waals surface area contributed by atoms with Crippen LogP contribution in [0.25, 0.3) is 0 Å². The predicted molar refractivity (Wildman–Crippen MR) is 48.8 cm³/mol. The lowest BCUT2D eigenvalue weighted by Crippen LogP contribution is -2.43. The van der Waals surface area contributed by atoms with E-state index in [0.29, 0.717) is 25.7 Å². The number of Topliss-reactive ketones (excluding diaryl/α,β-unsaturated/α-hetero) is 1. The van der Waals surface area contributed by atoms with E-state index < -0.39 is 24.6 Å². The molecular formula is C10H14F4O2. The lowest BCUT2D eigenvalue weighted by molar-refractivity contribution is -0.195. The molecule has 0 aromatic rings. The van der Waals surface area contributed by atoms with Crippen LogP contribution >= 0.6 is 0 Å². The van der Waals surface area contributed by atoms with Gasteiger partial charge in [-0.25, -0.2) is 8.78 Å². The van der Waals surface area contributed by atoms with Crippen molar-refractivity contribution in [2.45, 2.75) is 50.6 Å². The van der Waals surface area contributed by atoms with E-state index in [2.05, 4.69) is 0 Å². The molecule has 0 atom stereocenters. The number of ketones is 1. The van der Waals surface area contributed by atoms with Crippen LogP contribution in [0.3, 0.4) is 0 Å². The van der Waals surface area contributed by atoms with Crippen molar-refractivity contribution in [2.75, 3.05) is 6.61 Å². The first-order valence-corrected chi connectivity index (χ1v) is 5.11. The summed E-state index contributed by atoms with van der Waals surface area (Å²) >= 11 is 0. The van der Waals surface area contributed by atoms with Gasteiger partial charge in [-0.2, -0.15) is 8.78 Å². The number of halogens is 4. The summed E-state index contributed by atoms with van der Waals surface area (Å²) in [6, 6.07) is 0. The zero-order valence-corrected chi connectivity index (χ0v) is 8.94. The van der Waals surface area contributed by atoms with Crippen molar-refractivity contribution in [1.29, 1.82) is 0 Å². The molecule has 0 saturated heterocycles. The molecule has 1 saturated carbocycles. The van der Waals surface area contributed by atoms with E-state index in [1.165, 1.54) is 6.92 Å². The molecule has 94 valence electrons. The van der Waals surface area contributed by atoms with Gasteiger partial charge in [0.15, 0.2) is 5.78 Å². The van der Waals surface area contributed by atoms with E-state index in [1.54, 1.807) is 0 Å². The Morgan fingerprint density at radius 1 is 1.38 bits per heavy atom. The van der Waals surface area contributed by atoms with Crippen molar-refractivity contribution in [2.24, 2.45) is 0 Å². The van der Waals surface area contributed by atoms with Crippen LogP contribution in [0.1, 0.15) is 32.6 Å². The molecule has 1 aliphatic rings. The largest absolute Gasteiger partial charge is 0.361 e. The number of carbonyl (C=O) groups is 1. The summed E-state index contributed by atoms with van der Waals surface area (Å²) in [5.74, 6) is -4.56. The molecule has 1 rings (SSSR count). The van der Waals surface area contributed by atoms with Crippen molar-refractivity contribution in [3.05, 3.63) is 0 Å². The van der Waals surface area contributed by atoms with Crippen molar-refractivity contribution in [3.8, 4) is 0 Å². The molecule has 0 radical (unpaired) electrons. The highest BCUT2D eigenvalue weighted by Gasteiger charge is 2.46. The first kappa shape index (κ1) is 13.4. The molecule has 0 unspecified atom stereocenters. The first-order valence-electron chi connectivity index (χ1n) is 5.11. The van der Waals surface area contributed by atoms with Gasteiger partial charge in [0.1, 0.15) is 12.2 Å². The lowest BCUT2D eigenvalue weighted by atomic mass is 9.97. The van der Waals surface area contributed by atoms with Gasteiger partial charge in [0.25, 0.3) is 0 Å². The first-order chi connectivity index (χ1) is 7.30. The minimum Gasteiger partial charge on any atom is -0.361 e. The Labute approximate surface area is 91.0 Å². The molecule has 2 nitrogen and oxygen atoms in total. The van der Waals surface area contributed by atoms with Crippen molar-refractivity contribution >= 4 is 5.78 Å². The summed E-state index contributed by atoms with van der Waals surface area (Å²) in [6.07, 6.45) is -1.71. The third kappa shape index (κ3) is 2.72. The normalized spacial score (nSPS) is 20.4. The van der Waals surface area contributed by atoms with E-state index in [-0.39, 0.29) is 5.78 Å². The standard InChI is InChI=1S/C10H14F4O2/c1-7(15)9(4-2-3-5-9)16-6-10(13,14)8(11)12/h8H,2-6H2,1H3. The molecule has 0 spiro atoms. The van der Waals surface area contributed by atoms with Crippen LogP contribution in [-0.4, -0.2) is 30.3 Å². The zero-order chi connectivity index (χ0) is 12.4. The molecule has 1 aliphatic carbocycles. The summed E-state index contributed by atoms with van der Waals surface area (Å²) in [5, 5.41) is 0. The van der Waals surface area contributed by atoms with Gasteiger partial charge in [-0.15, -0.1) is 0 Å². The van der Waals surface area contributed by atoms with Crippen LogP contribution in [0.4, 0.5) is 17.6 Å². The second kappa shape index (κ2) is 4.69. The average molecular weight is 242 g/mol. The van der Waals surface area contributed by atoms with E-state index >= 15 is 0 Å². The molecule has 0 N–H and O–H groups in total. The van der Waals surface area contributed by atoms with E-state index in [4.69, 9.17) is 4.74 Å². The highest BCUT2D eigenvalue weighted by molar-refractivity contribution is 5.85. The molecule has 6 heteroatoms. The maximum absolute atomic E-state index is 12.6. The minimum atomic E-state index is -4.19. The Kier molecular flexibility index (Phi) is 3.93. The van der Waals surface area contributed by atoms with Gasteiger partial charge in [-0.05, 0) is 32.6 Å². The SMILES string of the molecule is CC(=O)C1(OCC(F)(F)C(F)F)CCCC1.